The van der Waals surface area contributed by atoms with Crippen LogP contribution in [0.25, 0.3) is 0 Å². The van der Waals surface area contributed by atoms with Gasteiger partial charge in [0, 0.05) is 69.7 Å². The molecular formula is C29H31N7O6. The summed E-state index contributed by atoms with van der Waals surface area (Å²) in [6, 6.07) is 9.27. The molecule has 13 nitrogen and oxygen atoms in total. The van der Waals surface area contributed by atoms with Gasteiger partial charge in [-0.2, -0.15) is 0 Å². The van der Waals surface area contributed by atoms with E-state index in [0.717, 1.165) is 62.1 Å². The van der Waals surface area contributed by atoms with Gasteiger partial charge in [0.1, 0.15) is 11.7 Å². The first kappa shape index (κ1) is 26.4. The van der Waals surface area contributed by atoms with Crippen LogP contribution in [0, 0.1) is 27.9 Å². The molecule has 4 aliphatic heterocycles. The van der Waals surface area contributed by atoms with Crippen LogP contribution in [0.2, 0.25) is 0 Å². The Bertz CT molecular complexity index is 1520. The summed E-state index contributed by atoms with van der Waals surface area (Å²) in [5, 5.41) is 13.3. The summed E-state index contributed by atoms with van der Waals surface area (Å²) in [7, 11) is 0. The van der Waals surface area contributed by atoms with Crippen molar-refractivity contribution in [3.63, 3.8) is 0 Å². The predicted octanol–water partition coefficient (Wildman–Crippen LogP) is 1.08. The second kappa shape index (κ2) is 9.79. The second-order valence-corrected chi connectivity index (χ2v) is 11.9. The SMILES string of the molecule is Nc1cc(N2CCN(CC3C4CN(c5ccc6c(c5)C(=O)N(C5CCC(=O)NC5=O)C6=O)CC34)CC2)ccc1[N+](=O)[O-]. The maximum Gasteiger partial charge on any atom is 0.292 e. The number of nitro groups is 1. The van der Waals surface area contributed by atoms with Gasteiger partial charge in [0.15, 0.2) is 0 Å². The molecule has 4 fully saturated rings. The molecule has 1 aliphatic carbocycles. The number of fused-ring (bicyclic) bond motifs is 2. The molecule has 0 aromatic heterocycles. The zero-order chi connectivity index (χ0) is 29.3. The van der Waals surface area contributed by atoms with Crippen LogP contribution in [0.15, 0.2) is 36.4 Å². The van der Waals surface area contributed by atoms with Crippen molar-refractivity contribution >= 4 is 46.4 Å². The van der Waals surface area contributed by atoms with Crippen molar-refractivity contribution in [1.29, 1.82) is 0 Å². The molecule has 3 atom stereocenters. The van der Waals surface area contributed by atoms with Crippen LogP contribution in [0.4, 0.5) is 22.7 Å². The number of nitrogens with two attached hydrogens (primary N) is 1. The smallest absolute Gasteiger partial charge is 0.292 e. The molecule has 2 aromatic carbocycles. The highest BCUT2D eigenvalue weighted by Gasteiger charge is 2.56. The Hall–Kier alpha value is -4.52. The topological polar surface area (TPSA) is 162 Å². The lowest BCUT2D eigenvalue weighted by atomic mass is 10.0. The van der Waals surface area contributed by atoms with E-state index in [-0.39, 0.29) is 24.2 Å². The van der Waals surface area contributed by atoms with Crippen molar-refractivity contribution in [2.45, 2.75) is 18.9 Å². The number of hydrogen-bond acceptors (Lipinski definition) is 10. The van der Waals surface area contributed by atoms with Gasteiger partial charge in [-0.05, 0) is 54.5 Å². The van der Waals surface area contributed by atoms with Gasteiger partial charge in [-0.1, -0.05) is 0 Å². The molecule has 218 valence electrons. The van der Waals surface area contributed by atoms with E-state index in [2.05, 4.69) is 20.0 Å². The third-order valence-corrected chi connectivity index (χ3v) is 9.57. The van der Waals surface area contributed by atoms with E-state index in [1.54, 1.807) is 24.3 Å². The van der Waals surface area contributed by atoms with Gasteiger partial charge < -0.3 is 15.5 Å². The lowest BCUT2D eigenvalue weighted by Crippen LogP contribution is -2.54. The molecule has 5 aliphatic rings. The zero-order valence-corrected chi connectivity index (χ0v) is 22.9. The van der Waals surface area contributed by atoms with Gasteiger partial charge >= 0.3 is 0 Å². The van der Waals surface area contributed by atoms with Gasteiger partial charge in [-0.25, -0.2) is 0 Å². The molecule has 1 saturated carbocycles. The molecule has 3 N–H and O–H groups in total. The van der Waals surface area contributed by atoms with Crippen molar-refractivity contribution in [3.05, 3.63) is 57.6 Å². The van der Waals surface area contributed by atoms with Gasteiger partial charge in [0.2, 0.25) is 11.8 Å². The molecular weight excluding hydrogens is 542 g/mol. The van der Waals surface area contributed by atoms with Crippen molar-refractivity contribution in [3.8, 4) is 0 Å². The average Bonchev–Trinajstić information content (AvgIpc) is 3.28. The standard InChI is InChI=1S/C29H31N7O6/c30-23-12-17(2-4-24(23)36(41)42)33-9-7-32(8-10-33)13-20-21-14-34(15-22(20)21)16-1-3-18-19(11-16)29(40)35(28(18)39)25-5-6-26(37)31-27(25)38/h1-4,11-12,20-22,25H,5-10,13-15,30H2,(H,31,37,38). The molecule has 2 aromatic rings. The summed E-state index contributed by atoms with van der Waals surface area (Å²) >= 11 is 0. The van der Waals surface area contributed by atoms with Crippen LogP contribution >= 0.6 is 0 Å². The third-order valence-electron chi connectivity index (χ3n) is 9.57. The monoisotopic (exact) mass is 573 g/mol. The van der Waals surface area contributed by atoms with Crippen LogP contribution in [-0.2, 0) is 9.59 Å². The van der Waals surface area contributed by atoms with E-state index in [4.69, 9.17) is 5.73 Å². The minimum Gasteiger partial charge on any atom is -0.393 e. The Morgan fingerprint density at radius 2 is 1.55 bits per heavy atom. The van der Waals surface area contributed by atoms with Gasteiger partial charge in [-0.3, -0.25) is 44.4 Å². The van der Waals surface area contributed by atoms with Crippen LogP contribution in [-0.4, -0.2) is 90.2 Å². The number of amides is 4. The van der Waals surface area contributed by atoms with Crippen LogP contribution in [0.1, 0.15) is 33.6 Å². The van der Waals surface area contributed by atoms with Crippen LogP contribution in [0.3, 0.4) is 0 Å². The van der Waals surface area contributed by atoms with Crippen LogP contribution < -0.4 is 20.9 Å². The molecule has 4 amide bonds. The minimum absolute atomic E-state index is 0.0686. The second-order valence-electron chi connectivity index (χ2n) is 11.9. The van der Waals surface area contributed by atoms with Crippen LogP contribution in [0.5, 0.6) is 0 Å². The predicted molar refractivity (Wildman–Crippen MR) is 152 cm³/mol. The molecule has 3 saturated heterocycles. The minimum atomic E-state index is -0.965. The summed E-state index contributed by atoms with van der Waals surface area (Å²) in [5.74, 6) is -0.170. The normalized spacial score (nSPS) is 27.3. The summed E-state index contributed by atoms with van der Waals surface area (Å²) in [5.41, 5.74) is 8.42. The molecule has 42 heavy (non-hydrogen) atoms. The van der Waals surface area contributed by atoms with Crippen molar-refractivity contribution < 1.29 is 24.1 Å². The molecule has 4 heterocycles. The number of nitrogens with one attached hydrogen (secondary N) is 1. The van der Waals surface area contributed by atoms with E-state index in [0.29, 0.717) is 28.9 Å². The van der Waals surface area contributed by atoms with E-state index in [1.807, 2.05) is 6.07 Å². The molecule has 13 heteroatoms. The number of nitrogens with zero attached hydrogens (tertiary/aromatic N) is 5. The molecule has 0 radical (unpaired) electrons. The Morgan fingerprint density at radius 1 is 0.881 bits per heavy atom. The van der Waals surface area contributed by atoms with Gasteiger partial charge in [0.25, 0.3) is 17.5 Å². The number of carbonyl (C=O) groups excluding carboxylic acids is 4. The third kappa shape index (κ3) is 4.35. The van der Waals surface area contributed by atoms with E-state index >= 15 is 0 Å². The van der Waals surface area contributed by atoms with Crippen molar-refractivity contribution in [2.24, 2.45) is 17.8 Å². The van der Waals surface area contributed by atoms with E-state index < -0.39 is 34.6 Å². The Kier molecular flexibility index (Phi) is 6.15. The average molecular weight is 574 g/mol. The van der Waals surface area contributed by atoms with E-state index in [9.17, 15) is 29.3 Å². The summed E-state index contributed by atoms with van der Waals surface area (Å²) in [6.07, 6.45) is 0.234. The Labute approximate surface area is 241 Å². The fourth-order valence-electron chi connectivity index (χ4n) is 7.18. The summed E-state index contributed by atoms with van der Waals surface area (Å²) < 4.78 is 0. The number of nitro benzene ring substituents is 1. The number of imide groups is 2. The number of piperazine rings is 1. The Balaban J connectivity index is 0.930. The number of carbonyl (C=O) groups is 4. The van der Waals surface area contributed by atoms with Gasteiger partial charge in [-0.15, -0.1) is 0 Å². The number of piperidine rings is 2. The largest absolute Gasteiger partial charge is 0.393 e. The zero-order valence-electron chi connectivity index (χ0n) is 22.9. The number of benzene rings is 2. The number of hydrogen-bond donors (Lipinski definition) is 2. The maximum absolute atomic E-state index is 13.2. The van der Waals surface area contributed by atoms with E-state index in [1.165, 1.54) is 6.07 Å². The van der Waals surface area contributed by atoms with Crippen molar-refractivity contribution in [1.82, 2.24) is 15.1 Å². The number of rotatable bonds is 6. The van der Waals surface area contributed by atoms with Gasteiger partial charge in [0.05, 0.1) is 16.1 Å². The molecule has 7 rings (SSSR count). The highest BCUT2D eigenvalue weighted by molar-refractivity contribution is 6.23. The molecule has 3 unspecified atom stereocenters. The number of nitrogen functional groups attached to an aromatic ring is 1. The lowest BCUT2D eigenvalue weighted by Gasteiger charge is -2.36. The quantitative estimate of drug-likeness (QED) is 0.221. The first-order valence-electron chi connectivity index (χ1n) is 14.3. The maximum atomic E-state index is 13.2. The highest BCUT2D eigenvalue weighted by atomic mass is 16.6. The highest BCUT2D eigenvalue weighted by Crippen LogP contribution is 2.53. The summed E-state index contributed by atoms with van der Waals surface area (Å²) in [6.45, 7) is 6.34. The first-order valence-corrected chi connectivity index (χ1v) is 14.3. The fourth-order valence-corrected chi connectivity index (χ4v) is 7.18. The number of anilines is 3. The van der Waals surface area contributed by atoms with Crippen molar-refractivity contribution in [2.75, 3.05) is 61.3 Å². The molecule has 0 spiro atoms. The lowest BCUT2D eigenvalue weighted by molar-refractivity contribution is -0.383. The fraction of sp³-hybridized carbons (Fsp3) is 0.448. The summed E-state index contributed by atoms with van der Waals surface area (Å²) in [4.78, 5) is 68.6. The first-order chi connectivity index (χ1) is 20.2. The molecule has 0 bridgehead atoms. The Morgan fingerprint density at radius 3 is 2.21 bits per heavy atom.